The Balaban J connectivity index is 1.99. The van der Waals surface area contributed by atoms with Crippen LogP contribution in [0.1, 0.15) is 11.1 Å². The number of benzene rings is 2. The van der Waals surface area contributed by atoms with Gasteiger partial charge in [0, 0.05) is 13.1 Å². The number of halogens is 3. The third-order valence-corrected chi connectivity index (χ3v) is 3.71. The van der Waals surface area contributed by atoms with Gasteiger partial charge in [-0.25, -0.2) is 0 Å². The first-order valence-electron chi connectivity index (χ1n) is 8.42. The number of aliphatic hydroxyl groups excluding tert-OH is 1. The monoisotopic (exact) mass is 398 g/mol. The number of methoxy groups -OCH3 is 1. The van der Waals surface area contributed by atoms with E-state index in [1.165, 1.54) is 25.3 Å². The van der Waals surface area contributed by atoms with E-state index in [1.54, 1.807) is 18.2 Å². The van der Waals surface area contributed by atoms with Gasteiger partial charge < -0.3 is 25.2 Å². The third kappa shape index (κ3) is 6.14. The molecule has 9 heteroatoms. The maximum absolute atomic E-state index is 13.0. The maximum atomic E-state index is 13.0. The van der Waals surface area contributed by atoms with Gasteiger partial charge in [-0.1, -0.05) is 18.2 Å². The van der Waals surface area contributed by atoms with Crippen LogP contribution in [-0.4, -0.2) is 37.9 Å². The van der Waals surface area contributed by atoms with Crippen molar-refractivity contribution in [2.75, 3.05) is 32.2 Å². The highest BCUT2D eigenvalue weighted by atomic mass is 19.4. The van der Waals surface area contributed by atoms with Crippen molar-refractivity contribution in [3.63, 3.8) is 0 Å². The Morgan fingerprint density at radius 1 is 1.14 bits per heavy atom. The summed E-state index contributed by atoms with van der Waals surface area (Å²) in [5.41, 5.74) is -0.386. The highest BCUT2D eigenvalue weighted by Crippen LogP contribution is 2.34. The smallest absolute Gasteiger partial charge is 0.418 e. The summed E-state index contributed by atoms with van der Waals surface area (Å²) < 4.78 is 49.6. The van der Waals surface area contributed by atoms with E-state index >= 15 is 0 Å². The van der Waals surface area contributed by atoms with E-state index in [9.17, 15) is 18.0 Å². The molecule has 0 bridgehead atoms. The average molecular weight is 398 g/mol. The molecular weight excluding hydrogens is 377 g/mol. The van der Waals surface area contributed by atoms with Crippen LogP contribution in [0, 0.1) is 0 Å². The minimum Gasteiger partial charge on any atom is -0.493 e. The van der Waals surface area contributed by atoms with Crippen LogP contribution in [0.4, 0.5) is 18.9 Å². The molecule has 0 atom stereocenters. The molecule has 3 N–H and O–H groups in total. The topological polar surface area (TPSA) is 79.8 Å². The minimum atomic E-state index is -4.58. The number of para-hydroxylation sites is 1. The Hall–Kier alpha value is -2.78. The molecule has 28 heavy (non-hydrogen) atoms. The number of ether oxygens (including phenoxy) is 2. The first-order chi connectivity index (χ1) is 13.3. The summed E-state index contributed by atoms with van der Waals surface area (Å²) >= 11 is 0. The molecule has 0 aliphatic rings. The van der Waals surface area contributed by atoms with Crippen molar-refractivity contribution in [3.05, 3.63) is 53.6 Å². The van der Waals surface area contributed by atoms with Crippen molar-refractivity contribution in [1.82, 2.24) is 5.32 Å². The van der Waals surface area contributed by atoms with Gasteiger partial charge in [0.25, 0.3) is 5.91 Å². The van der Waals surface area contributed by atoms with Crippen molar-refractivity contribution < 1.29 is 32.5 Å². The van der Waals surface area contributed by atoms with Gasteiger partial charge in [0.15, 0.2) is 18.1 Å². The highest BCUT2D eigenvalue weighted by molar-refractivity contribution is 5.92. The van der Waals surface area contributed by atoms with Gasteiger partial charge in [-0.05, 0) is 29.8 Å². The number of carbonyl (C=O) groups excluding carboxylic acids is 1. The SMILES string of the molecule is COc1cc(CNCCO)ccc1OCC(=O)Nc1ccccc1C(F)(F)F. The number of carbonyl (C=O) groups is 1. The predicted molar refractivity (Wildman–Crippen MR) is 97.4 cm³/mol. The van der Waals surface area contributed by atoms with Gasteiger partial charge in [-0.3, -0.25) is 4.79 Å². The molecule has 0 aliphatic heterocycles. The second-order valence-corrected chi connectivity index (χ2v) is 5.77. The fourth-order valence-corrected chi connectivity index (χ4v) is 2.42. The molecule has 0 heterocycles. The van der Waals surface area contributed by atoms with E-state index in [0.717, 1.165) is 11.6 Å². The lowest BCUT2D eigenvalue weighted by Gasteiger charge is -2.15. The van der Waals surface area contributed by atoms with Crippen LogP contribution in [0.15, 0.2) is 42.5 Å². The van der Waals surface area contributed by atoms with E-state index < -0.39 is 24.3 Å². The third-order valence-electron chi connectivity index (χ3n) is 3.71. The number of nitrogens with one attached hydrogen (secondary N) is 2. The van der Waals surface area contributed by atoms with E-state index in [0.29, 0.717) is 18.8 Å². The predicted octanol–water partition coefficient (Wildman–Crippen LogP) is 2.81. The quantitative estimate of drug-likeness (QED) is 0.566. The number of anilines is 1. The Bertz CT molecular complexity index is 797. The van der Waals surface area contributed by atoms with E-state index in [4.69, 9.17) is 14.6 Å². The average Bonchev–Trinajstić information content (AvgIpc) is 2.66. The van der Waals surface area contributed by atoms with Crippen molar-refractivity contribution in [1.29, 1.82) is 0 Å². The summed E-state index contributed by atoms with van der Waals surface area (Å²) in [6, 6.07) is 9.77. The Morgan fingerprint density at radius 2 is 1.89 bits per heavy atom. The van der Waals surface area contributed by atoms with Gasteiger partial charge in [0.2, 0.25) is 0 Å². The maximum Gasteiger partial charge on any atom is 0.418 e. The van der Waals surface area contributed by atoms with E-state index in [2.05, 4.69) is 10.6 Å². The first-order valence-corrected chi connectivity index (χ1v) is 8.42. The Morgan fingerprint density at radius 3 is 2.57 bits per heavy atom. The molecule has 152 valence electrons. The molecule has 2 aromatic carbocycles. The summed E-state index contributed by atoms with van der Waals surface area (Å²) in [5.74, 6) is -0.0631. The summed E-state index contributed by atoms with van der Waals surface area (Å²) in [6.45, 7) is 0.488. The van der Waals surface area contributed by atoms with Crippen LogP contribution >= 0.6 is 0 Å². The number of hydrogen-bond donors (Lipinski definition) is 3. The lowest BCUT2D eigenvalue weighted by atomic mass is 10.1. The number of rotatable bonds is 9. The lowest BCUT2D eigenvalue weighted by Crippen LogP contribution is -2.22. The van der Waals surface area contributed by atoms with E-state index in [1.807, 2.05) is 0 Å². The number of alkyl halides is 3. The fourth-order valence-electron chi connectivity index (χ4n) is 2.42. The molecule has 2 aromatic rings. The largest absolute Gasteiger partial charge is 0.493 e. The summed E-state index contributed by atoms with van der Waals surface area (Å²) in [7, 11) is 1.44. The molecule has 0 saturated heterocycles. The zero-order valence-corrected chi connectivity index (χ0v) is 15.2. The zero-order valence-electron chi connectivity index (χ0n) is 15.2. The van der Waals surface area contributed by atoms with E-state index in [-0.39, 0.29) is 18.0 Å². The molecule has 2 rings (SSSR count). The molecule has 0 spiro atoms. The van der Waals surface area contributed by atoms with Crippen molar-refractivity contribution in [3.8, 4) is 11.5 Å². The van der Waals surface area contributed by atoms with Crippen molar-refractivity contribution in [2.24, 2.45) is 0 Å². The van der Waals surface area contributed by atoms with Crippen LogP contribution in [0.25, 0.3) is 0 Å². The van der Waals surface area contributed by atoms with Gasteiger partial charge >= 0.3 is 6.18 Å². The number of aliphatic hydroxyl groups is 1. The Labute approximate surface area is 160 Å². The molecule has 0 saturated carbocycles. The highest BCUT2D eigenvalue weighted by Gasteiger charge is 2.33. The van der Waals surface area contributed by atoms with Crippen molar-refractivity contribution >= 4 is 11.6 Å². The fraction of sp³-hybridized carbons (Fsp3) is 0.316. The van der Waals surface area contributed by atoms with Crippen LogP contribution in [0.3, 0.4) is 0 Å². The second kappa shape index (κ2) is 9.95. The van der Waals surface area contributed by atoms with Gasteiger partial charge in [-0.2, -0.15) is 13.2 Å². The van der Waals surface area contributed by atoms with Crippen molar-refractivity contribution in [2.45, 2.75) is 12.7 Å². The number of hydrogen-bond acceptors (Lipinski definition) is 5. The molecule has 0 radical (unpaired) electrons. The van der Waals surface area contributed by atoms with Gasteiger partial charge in [-0.15, -0.1) is 0 Å². The van der Waals surface area contributed by atoms with Gasteiger partial charge in [0.1, 0.15) is 0 Å². The molecule has 0 aliphatic carbocycles. The Kier molecular flexibility index (Phi) is 7.65. The summed E-state index contributed by atoms with van der Waals surface area (Å²) in [5, 5.41) is 14.0. The molecular formula is C19H21F3N2O4. The first kappa shape index (κ1) is 21.5. The molecule has 0 unspecified atom stereocenters. The van der Waals surface area contributed by atoms with Crippen LogP contribution in [0.5, 0.6) is 11.5 Å². The normalized spacial score (nSPS) is 11.2. The summed E-state index contributed by atoms with van der Waals surface area (Å²) in [6.07, 6.45) is -4.58. The minimum absolute atomic E-state index is 0.0188. The molecule has 6 nitrogen and oxygen atoms in total. The standard InChI is InChI=1S/C19H21F3N2O4/c1-27-17-10-13(11-23-8-9-25)6-7-16(17)28-12-18(26)24-15-5-3-2-4-14(15)19(20,21)22/h2-7,10,23,25H,8-9,11-12H2,1H3,(H,24,26). The molecule has 1 amide bonds. The van der Waals surface area contributed by atoms with Crippen LogP contribution in [-0.2, 0) is 17.5 Å². The molecule has 0 aromatic heterocycles. The second-order valence-electron chi connectivity index (χ2n) is 5.77. The van der Waals surface area contributed by atoms with Crippen LogP contribution < -0.4 is 20.1 Å². The van der Waals surface area contributed by atoms with Crippen LogP contribution in [0.2, 0.25) is 0 Å². The van der Waals surface area contributed by atoms with Gasteiger partial charge in [0.05, 0.1) is 25.0 Å². The number of amides is 1. The lowest BCUT2D eigenvalue weighted by molar-refractivity contribution is -0.137. The zero-order chi connectivity index (χ0) is 20.6. The molecule has 0 fully saturated rings. The summed E-state index contributed by atoms with van der Waals surface area (Å²) in [4.78, 5) is 12.0.